The van der Waals surface area contributed by atoms with Crippen LogP contribution in [-0.4, -0.2) is 53.7 Å². The molecule has 132 valence electrons. The van der Waals surface area contributed by atoms with Crippen molar-refractivity contribution >= 4 is 22.8 Å². The highest BCUT2D eigenvalue weighted by molar-refractivity contribution is 6.07. The molecule has 1 N–H and O–H groups in total. The van der Waals surface area contributed by atoms with Crippen LogP contribution in [0.4, 0.5) is 0 Å². The number of amides is 1. The number of carbonyl (C=O) groups excluding carboxylic acids is 1. The fourth-order valence-electron chi connectivity index (χ4n) is 2.91. The van der Waals surface area contributed by atoms with Crippen molar-refractivity contribution in [2.45, 2.75) is 25.7 Å². The minimum atomic E-state index is -1.04. The van der Waals surface area contributed by atoms with Gasteiger partial charge in [0.1, 0.15) is 6.54 Å². The topological polar surface area (TPSA) is 79.7 Å². The second-order valence-corrected chi connectivity index (χ2v) is 6.50. The van der Waals surface area contributed by atoms with Crippen molar-refractivity contribution in [1.82, 2.24) is 9.88 Å². The number of aliphatic carboxylic acids is 1. The molecule has 1 heterocycles. The highest BCUT2D eigenvalue weighted by Crippen LogP contribution is 2.40. The molecule has 0 spiro atoms. The number of nitrogens with zero attached hydrogens (tertiary/aromatic N) is 2. The van der Waals surface area contributed by atoms with Crippen LogP contribution in [-0.2, 0) is 9.53 Å². The Hall–Kier alpha value is -2.47. The van der Waals surface area contributed by atoms with E-state index in [-0.39, 0.29) is 25.6 Å². The number of benzene rings is 1. The molecule has 1 amide bonds. The van der Waals surface area contributed by atoms with Gasteiger partial charge in [-0.05, 0) is 38.0 Å². The number of methoxy groups -OCH3 is 1. The highest BCUT2D eigenvalue weighted by Gasteiger charge is 2.28. The molecule has 0 bridgehead atoms. The van der Waals surface area contributed by atoms with Crippen molar-refractivity contribution in [3.63, 3.8) is 0 Å². The van der Waals surface area contributed by atoms with Crippen LogP contribution in [0.25, 0.3) is 10.9 Å². The van der Waals surface area contributed by atoms with Crippen molar-refractivity contribution in [2.75, 3.05) is 26.8 Å². The predicted octanol–water partition coefficient (Wildman–Crippen LogP) is 2.59. The van der Waals surface area contributed by atoms with Gasteiger partial charge in [0.25, 0.3) is 5.91 Å². The van der Waals surface area contributed by atoms with E-state index >= 15 is 0 Å². The summed E-state index contributed by atoms with van der Waals surface area (Å²) in [7, 11) is 1.53. The lowest BCUT2D eigenvalue weighted by atomic mass is 10.0. The lowest BCUT2D eigenvalue weighted by Gasteiger charge is -2.21. The molecule has 1 aliphatic carbocycles. The minimum Gasteiger partial charge on any atom is -0.480 e. The van der Waals surface area contributed by atoms with E-state index in [0.29, 0.717) is 11.5 Å². The molecule has 1 aromatic heterocycles. The van der Waals surface area contributed by atoms with Gasteiger partial charge in [-0.1, -0.05) is 11.6 Å². The maximum Gasteiger partial charge on any atom is 0.323 e. The van der Waals surface area contributed by atoms with Gasteiger partial charge in [-0.3, -0.25) is 14.6 Å². The Morgan fingerprint density at radius 3 is 2.72 bits per heavy atom. The van der Waals surface area contributed by atoms with Gasteiger partial charge in [-0.2, -0.15) is 0 Å². The number of ether oxygens (including phenoxy) is 1. The maximum absolute atomic E-state index is 13.1. The fraction of sp³-hybridized carbons (Fsp3) is 0.421. The number of carbonyl (C=O) groups is 2. The predicted molar refractivity (Wildman–Crippen MR) is 93.9 cm³/mol. The first-order chi connectivity index (χ1) is 12.0. The largest absolute Gasteiger partial charge is 0.480 e. The van der Waals surface area contributed by atoms with Crippen LogP contribution < -0.4 is 0 Å². The lowest BCUT2D eigenvalue weighted by molar-refractivity contribution is -0.137. The molecule has 0 atom stereocenters. The average Bonchev–Trinajstić information content (AvgIpc) is 3.41. The van der Waals surface area contributed by atoms with Crippen LogP contribution in [0.5, 0.6) is 0 Å². The van der Waals surface area contributed by atoms with Crippen LogP contribution in [0.2, 0.25) is 0 Å². The third-order valence-corrected chi connectivity index (χ3v) is 4.39. The van der Waals surface area contributed by atoms with Crippen molar-refractivity contribution in [3.8, 4) is 0 Å². The zero-order chi connectivity index (χ0) is 18.0. The Bertz CT molecular complexity index is 814. The number of carboxylic acid groups (broad SMARTS) is 1. The highest BCUT2D eigenvalue weighted by atomic mass is 16.5. The molecule has 0 radical (unpaired) electrons. The normalized spacial score (nSPS) is 13.8. The molecule has 0 aliphatic heterocycles. The Kier molecular flexibility index (Phi) is 4.99. The minimum absolute atomic E-state index is 0.232. The van der Waals surface area contributed by atoms with Crippen molar-refractivity contribution in [2.24, 2.45) is 0 Å². The standard InChI is InChI=1S/C19H22N2O4/c1-12-3-6-16-14(9-12)15(10-17(20-16)13-4-5-13)19(24)21(7-8-25-2)11-18(22)23/h3,6,9-10,13H,4-5,7-8,11H2,1-2H3,(H,22,23). The lowest BCUT2D eigenvalue weighted by Crippen LogP contribution is -2.38. The van der Waals surface area contributed by atoms with Gasteiger partial charge in [0, 0.05) is 30.7 Å². The number of aromatic nitrogens is 1. The number of pyridine rings is 1. The van der Waals surface area contributed by atoms with Crippen LogP contribution in [0, 0.1) is 6.92 Å². The molecular formula is C19H22N2O4. The first kappa shape index (κ1) is 17.4. The summed E-state index contributed by atoms with van der Waals surface area (Å²) < 4.78 is 5.02. The summed E-state index contributed by atoms with van der Waals surface area (Å²) in [5, 5.41) is 9.91. The third kappa shape index (κ3) is 3.96. The molecule has 0 saturated heterocycles. The molecule has 1 aliphatic rings. The summed E-state index contributed by atoms with van der Waals surface area (Å²) in [5.74, 6) is -0.926. The molecule has 1 fully saturated rings. The third-order valence-electron chi connectivity index (χ3n) is 4.39. The molecule has 2 aromatic rings. The molecule has 6 nitrogen and oxygen atoms in total. The molecule has 0 unspecified atom stereocenters. The van der Waals surface area contributed by atoms with Gasteiger partial charge in [0.2, 0.25) is 0 Å². The second-order valence-electron chi connectivity index (χ2n) is 6.50. The van der Waals surface area contributed by atoms with Gasteiger partial charge < -0.3 is 14.7 Å². The zero-order valence-corrected chi connectivity index (χ0v) is 14.5. The van der Waals surface area contributed by atoms with Gasteiger partial charge >= 0.3 is 5.97 Å². The van der Waals surface area contributed by atoms with E-state index in [2.05, 4.69) is 0 Å². The SMILES string of the molecule is COCCN(CC(=O)O)C(=O)c1cc(C2CC2)nc2ccc(C)cc12. The number of hydrogen-bond acceptors (Lipinski definition) is 4. The average molecular weight is 342 g/mol. The quantitative estimate of drug-likeness (QED) is 0.836. The Labute approximate surface area is 146 Å². The number of carboxylic acids is 1. The number of fused-ring (bicyclic) bond motifs is 1. The van der Waals surface area contributed by atoms with Crippen molar-refractivity contribution in [3.05, 3.63) is 41.1 Å². The van der Waals surface area contributed by atoms with Crippen LogP contribution in [0.1, 0.15) is 40.4 Å². The van der Waals surface area contributed by atoms with Gasteiger partial charge in [-0.15, -0.1) is 0 Å². The molecule has 25 heavy (non-hydrogen) atoms. The summed E-state index contributed by atoms with van der Waals surface area (Å²) in [6.45, 7) is 2.13. The van der Waals surface area contributed by atoms with E-state index < -0.39 is 5.97 Å². The summed E-state index contributed by atoms with van der Waals surface area (Å²) in [6, 6.07) is 7.66. The van der Waals surface area contributed by atoms with Crippen LogP contribution in [0.3, 0.4) is 0 Å². The first-order valence-corrected chi connectivity index (χ1v) is 8.41. The number of rotatable bonds is 7. The van der Waals surface area contributed by atoms with E-state index in [9.17, 15) is 9.59 Å². The number of hydrogen-bond donors (Lipinski definition) is 1. The molecule has 1 aromatic carbocycles. The van der Waals surface area contributed by atoms with Crippen molar-refractivity contribution < 1.29 is 19.4 Å². The summed E-state index contributed by atoms with van der Waals surface area (Å²) >= 11 is 0. The molecule has 3 rings (SSSR count). The molecule has 1 saturated carbocycles. The summed E-state index contributed by atoms with van der Waals surface area (Å²) in [6.07, 6.45) is 2.17. The Morgan fingerprint density at radius 1 is 1.32 bits per heavy atom. The van der Waals surface area contributed by atoms with E-state index in [4.69, 9.17) is 14.8 Å². The smallest absolute Gasteiger partial charge is 0.323 e. The fourth-order valence-corrected chi connectivity index (χ4v) is 2.91. The molecule has 6 heteroatoms. The van der Waals surface area contributed by atoms with Gasteiger partial charge in [0.05, 0.1) is 17.7 Å². The summed E-state index contributed by atoms with van der Waals surface area (Å²) in [4.78, 5) is 30.3. The van der Waals surface area contributed by atoms with Gasteiger partial charge in [-0.25, -0.2) is 0 Å². The second kappa shape index (κ2) is 7.19. The van der Waals surface area contributed by atoms with E-state index in [1.807, 2.05) is 31.2 Å². The monoisotopic (exact) mass is 342 g/mol. The maximum atomic E-state index is 13.1. The van der Waals surface area contributed by atoms with Crippen LogP contribution in [0.15, 0.2) is 24.3 Å². The summed E-state index contributed by atoms with van der Waals surface area (Å²) in [5.41, 5.74) is 3.25. The zero-order valence-electron chi connectivity index (χ0n) is 14.5. The number of aryl methyl sites for hydroxylation is 1. The molecular weight excluding hydrogens is 320 g/mol. The van der Waals surface area contributed by atoms with E-state index in [1.54, 1.807) is 0 Å². The Morgan fingerprint density at radius 2 is 2.08 bits per heavy atom. The van der Waals surface area contributed by atoms with Gasteiger partial charge in [0.15, 0.2) is 0 Å². The van der Waals surface area contributed by atoms with E-state index in [1.165, 1.54) is 12.0 Å². The first-order valence-electron chi connectivity index (χ1n) is 8.41. The van der Waals surface area contributed by atoms with E-state index in [0.717, 1.165) is 35.0 Å². The van der Waals surface area contributed by atoms with Crippen LogP contribution >= 0.6 is 0 Å². The van der Waals surface area contributed by atoms with Crippen molar-refractivity contribution in [1.29, 1.82) is 0 Å². The Balaban J connectivity index is 2.05.